The number of amides is 1. The Kier molecular flexibility index (Phi) is 7.13. The Morgan fingerprint density at radius 3 is 2.67 bits per heavy atom. The second kappa shape index (κ2) is 8.13. The molecule has 21 heavy (non-hydrogen) atoms. The lowest BCUT2D eigenvalue weighted by molar-refractivity contribution is -0.145. The number of nitrogens with zero attached hydrogens (tertiary/aromatic N) is 1. The highest BCUT2D eigenvalue weighted by atomic mass is 35.5. The highest BCUT2D eigenvalue weighted by Gasteiger charge is 2.33. The summed E-state index contributed by atoms with van der Waals surface area (Å²) in [7, 11) is 0. The molecule has 4 nitrogen and oxygen atoms in total. The number of halogens is 1. The van der Waals surface area contributed by atoms with Crippen LogP contribution in [0.3, 0.4) is 0 Å². The third-order valence-corrected chi connectivity index (χ3v) is 4.66. The van der Waals surface area contributed by atoms with Gasteiger partial charge in [0, 0.05) is 22.3 Å². The van der Waals surface area contributed by atoms with Gasteiger partial charge in [0.25, 0.3) is 5.91 Å². The first kappa shape index (κ1) is 18.4. The number of carbonyl (C=O) groups excluding carboxylic acids is 1. The molecular formula is C15H25ClN2O2S. The Morgan fingerprint density at radius 2 is 2.19 bits per heavy atom. The third-order valence-electron chi connectivity index (χ3n) is 3.67. The first-order valence-electron chi connectivity index (χ1n) is 7.22. The number of nitrogens with two attached hydrogens (primary N) is 1. The van der Waals surface area contributed by atoms with Crippen LogP contribution in [0.2, 0.25) is 0 Å². The lowest BCUT2D eigenvalue weighted by Gasteiger charge is -2.29. The van der Waals surface area contributed by atoms with Gasteiger partial charge in [0.1, 0.15) is 6.10 Å². The van der Waals surface area contributed by atoms with Crippen molar-refractivity contribution in [3.05, 3.63) is 21.9 Å². The minimum absolute atomic E-state index is 0. The van der Waals surface area contributed by atoms with E-state index < -0.39 is 0 Å². The summed E-state index contributed by atoms with van der Waals surface area (Å²) in [6.07, 6.45) is 1.40. The molecule has 1 aliphatic rings. The molecule has 1 amide bonds. The zero-order valence-corrected chi connectivity index (χ0v) is 14.5. The van der Waals surface area contributed by atoms with E-state index in [-0.39, 0.29) is 36.6 Å². The standard InChI is InChI=1S/C15H24N2O2S.ClH/c1-10(2)17(9-13-6-4-11(3)20-13)15(18)14-7-5-12(8-16)19-14;/h4,6,10,12,14H,5,7-9,16H2,1-3H3;1H/t12-,14+;/m1./s1. The van der Waals surface area contributed by atoms with Crippen molar-refractivity contribution in [2.75, 3.05) is 6.54 Å². The third kappa shape index (κ3) is 4.68. The normalized spacial score (nSPS) is 21.4. The summed E-state index contributed by atoms with van der Waals surface area (Å²) >= 11 is 1.74. The van der Waals surface area contributed by atoms with Gasteiger partial charge in [-0.15, -0.1) is 23.7 Å². The average molecular weight is 333 g/mol. The highest BCUT2D eigenvalue weighted by Crippen LogP contribution is 2.24. The van der Waals surface area contributed by atoms with Gasteiger partial charge in [0.05, 0.1) is 12.6 Å². The fourth-order valence-corrected chi connectivity index (χ4v) is 3.39. The molecule has 1 saturated heterocycles. The molecule has 1 aromatic heterocycles. The van der Waals surface area contributed by atoms with Gasteiger partial charge in [-0.25, -0.2) is 0 Å². The molecule has 0 saturated carbocycles. The minimum atomic E-state index is -0.313. The lowest BCUT2D eigenvalue weighted by atomic mass is 10.1. The number of rotatable bonds is 5. The second-order valence-electron chi connectivity index (χ2n) is 5.63. The van der Waals surface area contributed by atoms with Crippen molar-refractivity contribution in [3.8, 4) is 0 Å². The largest absolute Gasteiger partial charge is 0.364 e. The van der Waals surface area contributed by atoms with Crippen molar-refractivity contribution >= 4 is 29.7 Å². The quantitative estimate of drug-likeness (QED) is 0.902. The van der Waals surface area contributed by atoms with E-state index in [0.717, 1.165) is 12.8 Å². The SMILES string of the molecule is Cc1ccc(CN(C(=O)[C@@H]2CC[C@H](CN)O2)C(C)C)s1.Cl. The average Bonchev–Trinajstić information content (AvgIpc) is 3.03. The van der Waals surface area contributed by atoms with Crippen LogP contribution in [0.1, 0.15) is 36.4 Å². The number of carbonyl (C=O) groups is 1. The summed E-state index contributed by atoms with van der Waals surface area (Å²) in [5, 5.41) is 0. The van der Waals surface area contributed by atoms with Crippen LogP contribution in [0.25, 0.3) is 0 Å². The summed E-state index contributed by atoms with van der Waals surface area (Å²) in [6.45, 7) is 7.35. The van der Waals surface area contributed by atoms with Gasteiger partial charge >= 0.3 is 0 Å². The Labute approximate surface area is 137 Å². The summed E-state index contributed by atoms with van der Waals surface area (Å²) in [5.41, 5.74) is 5.61. The van der Waals surface area contributed by atoms with Crippen LogP contribution in [-0.2, 0) is 16.1 Å². The van der Waals surface area contributed by atoms with Crippen LogP contribution in [0, 0.1) is 6.92 Å². The van der Waals surface area contributed by atoms with E-state index in [1.54, 1.807) is 11.3 Å². The fourth-order valence-electron chi connectivity index (χ4n) is 2.50. The number of hydrogen-bond donors (Lipinski definition) is 1. The van der Waals surface area contributed by atoms with Gasteiger partial charge in [-0.2, -0.15) is 0 Å². The molecule has 120 valence electrons. The lowest BCUT2D eigenvalue weighted by Crippen LogP contribution is -2.43. The number of thiophene rings is 1. The second-order valence-corrected chi connectivity index (χ2v) is 7.00. The Bertz CT molecular complexity index is 464. The van der Waals surface area contributed by atoms with Crippen molar-refractivity contribution in [3.63, 3.8) is 0 Å². The number of ether oxygens (including phenoxy) is 1. The Balaban J connectivity index is 0.00000220. The van der Waals surface area contributed by atoms with Crippen LogP contribution in [0.4, 0.5) is 0 Å². The zero-order chi connectivity index (χ0) is 14.7. The molecule has 1 aliphatic heterocycles. The van der Waals surface area contributed by atoms with Crippen molar-refractivity contribution in [1.82, 2.24) is 4.90 Å². The van der Waals surface area contributed by atoms with Crippen molar-refractivity contribution in [2.24, 2.45) is 5.73 Å². The van der Waals surface area contributed by atoms with Crippen LogP contribution in [0.5, 0.6) is 0 Å². The van der Waals surface area contributed by atoms with Crippen molar-refractivity contribution in [1.29, 1.82) is 0 Å². The van der Waals surface area contributed by atoms with Gasteiger partial charge in [-0.3, -0.25) is 4.79 Å². The van der Waals surface area contributed by atoms with Crippen LogP contribution < -0.4 is 5.73 Å². The molecule has 1 fully saturated rings. The topological polar surface area (TPSA) is 55.6 Å². The molecular weight excluding hydrogens is 308 g/mol. The summed E-state index contributed by atoms with van der Waals surface area (Å²) in [5.74, 6) is 0.0991. The molecule has 0 radical (unpaired) electrons. The van der Waals surface area contributed by atoms with E-state index in [2.05, 4.69) is 19.1 Å². The van der Waals surface area contributed by atoms with E-state index in [1.807, 2.05) is 18.7 Å². The number of aryl methyl sites for hydroxylation is 1. The molecule has 2 N–H and O–H groups in total. The first-order chi connectivity index (χ1) is 9.51. The van der Waals surface area contributed by atoms with Crippen molar-refractivity contribution < 1.29 is 9.53 Å². The molecule has 0 spiro atoms. The van der Waals surface area contributed by atoms with E-state index in [0.29, 0.717) is 13.1 Å². The molecule has 2 atom stereocenters. The molecule has 2 rings (SSSR count). The van der Waals surface area contributed by atoms with E-state index in [9.17, 15) is 4.79 Å². The predicted octanol–water partition coefficient (Wildman–Crippen LogP) is 2.72. The first-order valence-corrected chi connectivity index (χ1v) is 8.04. The predicted molar refractivity (Wildman–Crippen MR) is 88.9 cm³/mol. The van der Waals surface area contributed by atoms with Crippen LogP contribution in [0.15, 0.2) is 12.1 Å². The van der Waals surface area contributed by atoms with Crippen molar-refractivity contribution in [2.45, 2.75) is 58.4 Å². The molecule has 0 aliphatic carbocycles. The van der Waals surface area contributed by atoms with E-state index in [4.69, 9.17) is 10.5 Å². The summed E-state index contributed by atoms with van der Waals surface area (Å²) in [4.78, 5) is 17.0. The molecule has 0 bridgehead atoms. The molecule has 6 heteroatoms. The van der Waals surface area contributed by atoms with Crippen LogP contribution in [-0.4, -0.2) is 35.6 Å². The minimum Gasteiger partial charge on any atom is -0.364 e. The molecule has 0 unspecified atom stereocenters. The maximum absolute atomic E-state index is 12.6. The van der Waals surface area contributed by atoms with Gasteiger partial charge < -0.3 is 15.4 Å². The highest BCUT2D eigenvalue weighted by molar-refractivity contribution is 7.11. The van der Waals surface area contributed by atoms with Gasteiger partial charge in [-0.05, 0) is 45.7 Å². The molecule has 0 aromatic carbocycles. The van der Waals surface area contributed by atoms with Gasteiger partial charge in [0.15, 0.2) is 0 Å². The maximum atomic E-state index is 12.6. The summed E-state index contributed by atoms with van der Waals surface area (Å²) < 4.78 is 5.73. The van der Waals surface area contributed by atoms with E-state index >= 15 is 0 Å². The molecule has 2 heterocycles. The van der Waals surface area contributed by atoms with E-state index in [1.165, 1.54) is 9.75 Å². The number of hydrogen-bond acceptors (Lipinski definition) is 4. The zero-order valence-electron chi connectivity index (χ0n) is 12.9. The Hall–Kier alpha value is -0.620. The van der Waals surface area contributed by atoms with Gasteiger partial charge in [-0.1, -0.05) is 0 Å². The fraction of sp³-hybridized carbons (Fsp3) is 0.667. The van der Waals surface area contributed by atoms with Gasteiger partial charge in [0.2, 0.25) is 0 Å². The monoisotopic (exact) mass is 332 g/mol. The smallest absolute Gasteiger partial charge is 0.252 e. The maximum Gasteiger partial charge on any atom is 0.252 e. The Morgan fingerprint density at radius 1 is 1.48 bits per heavy atom. The molecule has 1 aromatic rings. The van der Waals surface area contributed by atoms with Crippen LogP contribution >= 0.6 is 23.7 Å². The summed E-state index contributed by atoms with van der Waals surface area (Å²) in [6, 6.07) is 4.37.